The number of benzene rings is 1. The Morgan fingerprint density at radius 2 is 2.16 bits per heavy atom. The third-order valence-corrected chi connectivity index (χ3v) is 3.70. The molecule has 6 nitrogen and oxygen atoms in total. The van der Waals surface area contributed by atoms with Gasteiger partial charge in [-0.3, -0.25) is 19.7 Å². The fourth-order valence-electron chi connectivity index (χ4n) is 2.15. The zero-order chi connectivity index (χ0) is 13.6. The van der Waals surface area contributed by atoms with Crippen molar-refractivity contribution in [3.05, 3.63) is 22.8 Å². The van der Waals surface area contributed by atoms with Gasteiger partial charge in [-0.1, -0.05) is 0 Å². The molecule has 1 saturated heterocycles. The van der Waals surface area contributed by atoms with Crippen LogP contribution in [0, 0.1) is 0 Å². The van der Waals surface area contributed by atoms with Crippen molar-refractivity contribution in [2.24, 2.45) is 7.05 Å². The van der Waals surface area contributed by atoms with E-state index in [1.54, 1.807) is 9.58 Å². The lowest BCUT2D eigenvalue weighted by atomic mass is 10.2. The average Bonchev–Trinajstić information content (AvgIpc) is 2.70. The molecule has 0 unspecified atom stereocenters. The molecule has 98 valence electrons. The lowest BCUT2D eigenvalue weighted by Gasteiger charge is -2.26. The van der Waals surface area contributed by atoms with Crippen LogP contribution in [0.5, 0.6) is 0 Å². The summed E-state index contributed by atoms with van der Waals surface area (Å²) in [6.45, 7) is 0.384. The van der Waals surface area contributed by atoms with Gasteiger partial charge in [0.05, 0.1) is 5.52 Å². The normalized spacial score (nSPS) is 16.0. The minimum Gasteiger partial charge on any atom is -0.294 e. The summed E-state index contributed by atoms with van der Waals surface area (Å²) in [5.41, 5.74) is 1.53. The summed E-state index contributed by atoms with van der Waals surface area (Å²) in [4.78, 5) is 24.5. The molecule has 0 atom stereocenters. The molecule has 1 N–H and O–H groups in total. The molecule has 1 aromatic carbocycles. The molecular formula is C12H11BrN4O2. The number of nitrogens with zero attached hydrogens (tertiary/aromatic N) is 3. The van der Waals surface area contributed by atoms with Crippen LogP contribution in [0.3, 0.4) is 0 Å². The van der Waals surface area contributed by atoms with E-state index in [1.165, 1.54) is 0 Å². The van der Waals surface area contributed by atoms with Crippen LogP contribution in [0.4, 0.5) is 10.5 Å². The lowest BCUT2D eigenvalue weighted by Crippen LogP contribution is -2.49. The summed E-state index contributed by atoms with van der Waals surface area (Å²) in [7, 11) is 1.85. The highest BCUT2D eigenvalue weighted by Crippen LogP contribution is 2.30. The van der Waals surface area contributed by atoms with E-state index in [0.717, 1.165) is 21.1 Å². The van der Waals surface area contributed by atoms with Gasteiger partial charge in [0.15, 0.2) is 0 Å². The monoisotopic (exact) mass is 322 g/mol. The van der Waals surface area contributed by atoms with Gasteiger partial charge >= 0.3 is 6.03 Å². The van der Waals surface area contributed by atoms with Crippen LogP contribution < -0.4 is 10.2 Å². The predicted octanol–water partition coefficient (Wildman–Crippen LogP) is 1.78. The second kappa shape index (κ2) is 4.34. The highest BCUT2D eigenvalue weighted by molar-refractivity contribution is 9.10. The van der Waals surface area contributed by atoms with Crippen LogP contribution in [-0.2, 0) is 11.8 Å². The third-order valence-electron chi connectivity index (χ3n) is 3.04. The number of aromatic nitrogens is 2. The van der Waals surface area contributed by atoms with Crippen LogP contribution in [0.1, 0.15) is 6.42 Å². The standard InChI is InChI=1S/C12H11BrN4O2/c1-16-6-8-9(13)4-7(5-10(8)15-16)17-3-2-11(18)14-12(17)19/h4-6H,2-3H2,1H3,(H,14,18,19). The molecule has 0 aliphatic carbocycles. The second-order valence-corrected chi connectivity index (χ2v) is 5.27. The fourth-order valence-corrected chi connectivity index (χ4v) is 2.69. The summed E-state index contributed by atoms with van der Waals surface area (Å²) < 4.78 is 2.59. The molecule has 3 rings (SSSR count). The first-order valence-corrected chi connectivity index (χ1v) is 6.58. The summed E-state index contributed by atoms with van der Waals surface area (Å²) in [5, 5.41) is 7.62. The van der Waals surface area contributed by atoms with Crippen molar-refractivity contribution in [1.29, 1.82) is 0 Å². The smallest absolute Gasteiger partial charge is 0.294 e. The van der Waals surface area contributed by atoms with Crippen LogP contribution in [0.2, 0.25) is 0 Å². The molecular weight excluding hydrogens is 312 g/mol. The first kappa shape index (κ1) is 12.2. The summed E-state index contributed by atoms with van der Waals surface area (Å²) in [6.07, 6.45) is 2.21. The van der Waals surface area contributed by atoms with Crippen molar-refractivity contribution in [2.75, 3.05) is 11.4 Å². The van der Waals surface area contributed by atoms with E-state index >= 15 is 0 Å². The molecule has 7 heteroatoms. The molecule has 1 aromatic heterocycles. The second-order valence-electron chi connectivity index (χ2n) is 4.42. The summed E-state index contributed by atoms with van der Waals surface area (Å²) >= 11 is 3.48. The Morgan fingerprint density at radius 1 is 1.37 bits per heavy atom. The van der Waals surface area contributed by atoms with Gasteiger partial charge in [-0.05, 0) is 28.1 Å². The Bertz CT molecular complexity index is 694. The molecule has 0 radical (unpaired) electrons. The quantitative estimate of drug-likeness (QED) is 0.870. The number of nitrogens with one attached hydrogen (secondary N) is 1. The van der Waals surface area contributed by atoms with E-state index in [1.807, 2.05) is 25.4 Å². The number of carbonyl (C=O) groups is 2. The van der Waals surface area contributed by atoms with Crippen molar-refractivity contribution in [3.8, 4) is 0 Å². The average molecular weight is 323 g/mol. The van der Waals surface area contributed by atoms with Gasteiger partial charge in [-0.25, -0.2) is 4.79 Å². The molecule has 2 heterocycles. The topological polar surface area (TPSA) is 67.2 Å². The fraction of sp³-hybridized carbons (Fsp3) is 0.250. The number of halogens is 1. The minimum absolute atomic E-state index is 0.237. The maximum atomic E-state index is 11.8. The molecule has 3 amide bonds. The van der Waals surface area contributed by atoms with Gasteiger partial charge in [0.1, 0.15) is 0 Å². The molecule has 1 aliphatic heterocycles. The van der Waals surface area contributed by atoms with Crippen molar-refractivity contribution in [1.82, 2.24) is 15.1 Å². The Balaban J connectivity index is 2.05. The van der Waals surface area contributed by atoms with Gasteiger partial charge in [0, 0.05) is 41.8 Å². The van der Waals surface area contributed by atoms with Crippen molar-refractivity contribution < 1.29 is 9.59 Å². The first-order chi connectivity index (χ1) is 9.04. The zero-order valence-corrected chi connectivity index (χ0v) is 11.8. The van der Waals surface area contributed by atoms with E-state index in [9.17, 15) is 9.59 Å². The van der Waals surface area contributed by atoms with Crippen LogP contribution in [0.15, 0.2) is 22.8 Å². The lowest BCUT2D eigenvalue weighted by molar-refractivity contribution is -0.120. The van der Waals surface area contributed by atoms with E-state index in [2.05, 4.69) is 26.3 Å². The summed E-state index contributed by atoms with van der Waals surface area (Å²) in [5.74, 6) is -0.237. The Hall–Kier alpha value is -1.89. The van der Waals surface area contributed by atoms with Gasteiger partial charge < -0.3 is 0 Å². The van der Waals surface area contributed by atoms with E-state index in [0.29, 0.717) is 13.0 Å². The van der Waals surface area contributed by atoms with Crippen molar-refractivity contribution in [3.63, 3.8) is 0 Å². The van der Waals surface area contributed by atoms with Crippen molar-refractivity contribution in [2.45, 2.75) is 6.42 Å². The van der Waals surface area contributed by atoms with E-state index < -0.39 is 6.03 Å². The molecule has 0 saturated carbocycles. The minimum atomic E-state index is -0.390. The number of fused-ring (bicyclic) bond motifs is 1. The Labute approximate surface area is 117 Å². The molecule has 1 aliphatic rings. The number of imide groups is 1. The number of amides is 3. The third kappa shape index (κ3) is 2.10. The number of rotatable bonds is 1. The van der Waals surface area contributed by atoms with Gasteiger partial charge in [-0.15, -0.1) is 0 Å². The molecule has 0 spiro atoms. The molecule has 0 bridgehead atoms. The van der Waals surface area contributed by atoms with Crippen LogP contribution in [0.25, 0.3) is 10.9 Å². The highest BCUT2D eigenvalue weighted by atomic mass is 79.9. The number of anilines is 1. The van der Waals surface area contributed by atoms with E-state index in [-0.39, 0.29) is 5.91 Å². The predicted molar refractivity (Wildman–Crippen MR) is 73.9 cm³/mol. The Morgan fingerprint density at radius 3 is 2.89 bits per heavy atom. The maximum absolute atomic E-state index is 11.8. The zero-order valence-electron chi connectivity index (χ0n) is 10.2. The highest BCUT2D eigenvalue weighted by Gasteiger charge is 2.25. The van der Waals surface area contributed by atoms with E-state index in [4.69, 9.17) is 0 Å². The van der Waals surface area contributed by atoms with Crippen LogP contribution >= 0.6 is 15.9 Å². The number of carbonyl (C=O) groups excluding carboxylic acids is 2. The number of hydrogen-bond donors (Lipinski definition) is 1. The largest absolute Gasteiger partial charge is 0.328 e. The number of hydrogen-bond acceptors (Lipinski definition) is 3. The van der Waals surface area contributed by atoms with Crippen molar-refractivity contribution >= 4 is 44.5 Å². The van der Waals surface area contributed by atoms with Crippen LogP contribution in [-0.4, -0.2) is 28.3 Å². The molecule has 2 aromatic rings. The maximum Gasteiger partial charge on any atom is 0.328 e. The number of aryl methyl sites for hydroxylation is 1. The number of urea groups is 1. The molecule has 19 heavy (non-hydrogen) atoms. The molecule has 1 fully saturated rings. The first-order valence-electron chi connectivity index (χ1n) is 5.79. The van der Waals surface area contributed by atoms with Gasteiger partial charge in [-0.2, -0.15) is 5.10 Å². The Kier molecular flexibility index (Phi) is 2.78. The SMILES string of the molecule is Cn1cc2c(Br)cc(N3CCC(=O)NC3=O)cc2n1. The van der Waals surface area contributed by atoms with Gasteiger partial charge in [0.25, 0.3) is 0 Å². The van der Waals surface area contributed by atoms with Gasteiger partial charge in [0.2, 0.25) is 5.91 Å². The summed E-state index contributed by atoms with van der Waals surface area (Å²) in [6, 6.07) is 3.31.